The van der Waals surface area contributed by atoms with Crippen LogP contribution in [0.3, 0.4) is 0 Å². The summed E-state index contributed by atoms with van der Waals surface area (Å²) in [5.74, 6) is 1.69. The minimum absolute atomic E-state index is 0.449. The highest BCUT2D eigenvalue weighted by atomic mass is 16.5. The number of hydrogen-bond donors (Lipinski definition) is 0. The molecule has 0 spiro atoms. The van der Waals surface area contributed by atoms with Crippen LogP contribution in [0.25, 0.3) is 11.1 Å². The second-order valence-corrected chi connectivity index (χ2v) is 7.35. The van der Waals surface area contributed by atoms with E-state index in [0.29, 0.717) is 30.1 Å². The first-order chi connectivity index (χ1) is 14.6. The first kappa shape index (κ1) is 17.8. The molecule has 3 nitrogen and oxygen atoms in total. The van der Waals surface area contributed by atoms with E-state index in [0.717, 1.165) is 29.7 Å². The van der Waals surface area contributed by atoms with Gasteiger partial charge >= 0.3 is 0 Å². The molecular weight excluding hydrogens is 358 g/mol. The molecule has 0 unspecified atom stereocenters. The molecule has 0 amide bonds. The summed E-state index contributed by atoms with van der Waals surface area (Å²) in [6.07, 6.45) is 2.06. The summed E-state index contributed by atoms with van der Waals surface area (Å²) < 4.78 is 20.5. The van der Waals surface area contributed by atoms with Crippen molar-refractivity contribution in [1.82, 2.24) is 0 Å². The van der Waals surface area contributed by atoms with Gasteiger partial charge in [-0.05, 0) is 60.9 Å². The van der Waals surface area contributed by atoms with Crippen molar-refractivity contribution in [2.24, 2.45) is 0 Å². The number of rotatable bonds is 5. The van der Waals surface area contributed by atoms with Crippen molar-refractivity contribution in [2.45, 2.75) is 37.7 Å². The maximum Gasteiger partial charge on any atom is 0.138 e. The highest BCUT2D eigenvalue weighted by Crippen LogP contribution is 2.37. The molecule has 0 heterocycles. The predicted octanol–water partition coefficient (Wildman–Crippen LogP) is 6.34. The largest absolute Gasteiger partial charge is 0.496 e. The van der Waals surface area contributed by atoms with Gasteiger partial charge < -0.3 is 9.47 Å². The number of ether oxygens (including phenoxy) is 2. The normalized spacial score (nSPS) is 21.7. The van der Waals surface area contributed by atoms with Crippen LogP contribution in [0, 0.1) is 11.3 Å². The van der Waals surface area contributed by atoms with Gasteiger partial charge in [0.05, 0.1) is 20.1 Å². The maximum atomic E-state index is 9.57. The number of benzene rings is 3. The number of nitriles is 1. The van der Waals surface area contributed by atoms with Crippen molar-refractivity contribution in [3.8, 4) is 28.7 Å². The number of hydrogen-bond acceptors (Lipinski definition) is 3. The van der Waals surface area contributed by atoms with Crippen molar-refractivity contribution in [2.75, 3.05) is 7.11 Å². The second kappa shape index (κ2) is 8.84. The lowest BCUT2D eigenvalue weighted by atomic mass is 9.83. The molecule has 0 bridgehead atoms. The number of nitrogens with zero attached hydrogens (tertiary/aromatic N) is 1. The molecule has 0 atom stereocenters. The van der Waals surface area contributed by atoms with E-state index in [1.54, 1.807) is 13.2 Å². The minimum Gasteiger partial charge on any atom is -0.496 e. The smallest absolute Gasteiger partial charge is 0.138 e. The van der Waals surface area contributed by atoms with Gasteiger partial charge in [-0.3, -0.25) is 0 Å². The van der Waals surface area contributed by atoms with Crippen LogP contribution < -0.4 is 9.47 Å². The lowest BCUT2D eigenvalue weighted by Crippen LogP contribution is -2.23. The quantitative estimate of drug-likeness (QED) is 0.515. The van der Waals surface area contributed by atoms with E-state index in [1.165, 1.54) is 5.56 Å². The Kier molecular flexibility index (Phi) is 5.43. The van der Waals surface area contributed by atoms with E-state index in [1.807, 2.05) is 42.5 Å². The monoisotopic (exact) mass is 384 g/mol. The summed E-state index contributed by atoms with van der Waals surface area (Å²) in [7, 11) is 1.64. The molecule has 1 aliphatic rings. The molecule has 0 aromatic heterocycles. The van der Waals surface area contributed by atoms with Gasteiger partial charge in [-0.2, -0.15) is 5.26 Å². The average Bonchev–Trinajstić information content (AvgIpc) is 2.80. The molecule has 146 valence electrons. The third-order valence-corrected chi connectivity index (χ3v) is 5.59. The van der Waals surface area contributed by atoms with Gasteiger partial charge in [0.25, 0.3) is 0 Å². The van der Waals surface area contributed by atoms with Crippen molar-refractivity contribution in [3.63, 3.8) is 0 Å². The van der Waals surface area contributed by atoms with E-state index >= 15 is 0 Å². The van der Waals surface area contributed by atoms with Gasteiger partial charge in [-0.1, -0.05) is 54.6 Å². The third-order valence-electron chi connectivity index (χ3n) is 5.59. The molecule has 1 saturated carbocycles. The van der Waals surface area contributed by atoms with E-state index in [9.17, 15) is 5.26 Å². The summed E-state index contributed by atoms with van der Waals surface area (Å²) in [4.78, 5) is 0. The van der Waals surface area contributed by atoms with Crippen LogP contribution in [0.4, 0.5) is 0 Å². The fourth-order valence-electron chi connectivity index (χ4n) is 4.01. The fraction of sp³-hybridized carbons (Fsp3) is 0.269. The summed E-state index contributed by atoms with van der Waals surface area (Å²) in [6, 6.07) is 26.0. The predicted molar refractivity (Wildman–Crippen MR) is 115 cm³/mol. The summed E-state index contributed by atoms with van der Waals surface area (Å²) >= 11 is 0. The zero-order chi connectivity index (χ0) is 21.0. The molecule has 3 aromatic carbocycles. The zero-order valence-corrected chi connectivity index (χ0v) is 16.6. The van der Waals surface area contributed by atoms with Crippen molar-refractivity contribution < 1.29 is 10.8 Å². The lowest BCUT2D eigenvalue weighted by Gasteiger charge is -2.29. The molecule has 4 rings (SSSR count). The summed E-state index contributed by atoms with van der Waals surface area (Å²) in [5.41, 5.74) is 3.62. The van der Waals surface area contributed by atoms with E-state index < -0.39 is 6.08 Å². The van der Waals surface area contributed by atoms with Gasteiger partial charge in [0, 0.05) is 5.56 Å². The molecule has 3 aromatic rings. The molecule has 3 heteroatoms. The fourth-order valence-corrected chi connectivity index (χ4v) is 4.01. The van der Waals surface area contributed by atoms with Gasteiger partial charge in [0.2, 0.25) is 0 Å². The summed E-state index contributed by atoms with van der Waals surface area (Å²) in [5, 5.41) is 9.57. The highest BCUT2D eigenvalue weighted by molar-refractivity contribution is 5.72. The number of methoxy groups -OCH3 is 1. The van der Waals surface area contributed by atoms with Crippen LogP contribution >= 0.6 is 0 Å². The van der Waals surface area contributed by atoms with Crippen LogP contribution in [-0.2, 0) is 0 Å². The van der Waals surface area contributed by atoms with Gasteiger partial charge in [-0.25, -0.2) is 0 Å². The standard InChI is InChI=1S/C26H25NO2/c1-28-25-10-6-5-9-24(25)21-11-12-22(18-27)26(17-21)29-23-15-13-20(14-16-23)19-7-3-2-4-8-19/h2-12,17,20,23H,13-16H2,1H3/i23D. The third kappa shape index (κ3) is 4.27. The van der Waals surface area contributed by atoms with Gasteiger partial charge in [0.1, 0.15) is 17.6 Å². The Labute approximate surface area is 173 Å². The summed E-state index contributed by atoms with van der Waals surface area (Å²) in [6.45, 7) is 0. The lowest BCUT2D eigenvalue weighted by molar-refractivity contribution is 0.146. The minimum atomic E-state index is -1.02. The van der Waals surface area contributed by atoms with Crippen molar-refractivity contribution >= 4 is 0 Å². The van der Waals surface area contributed by atoms with E-state index in [-0.39, 0.29) is 0 Å². The Balaban J connectivity index is 1.56. The molecule has 0 aliphatic heterocycles. The zero-order valence-electron chi connectivity index (χ0n) is 17.6. The van der Waals surface area contributed by atoms with Crippen LogP contribution in [0.5, 0.6) is 11.5 Å². The highest BCUT2D eigenvalue weighted by Gasteiger charge is 2.24. The topological polar surface area (TPSA) is 42.2 Å². The van der Waals surface area contributed by atoms with Crippen LogP contribution in [-0.4, -0.2) is 13.2 Å². The van der Waals surface area contributed by atoms with Crippen molar-refractivity contribution in [1.29, 1.82) is 5.26 Å². The molecule has 0 radical (unpaired) electrons. The van der Waals surface area contributed by atoms with Crippen LogP contribution in [0.1, 0.15) is 44.1 Å². The van der Waals surface area contributed by atoms with E-state index in [2.05, 4.69) is 30.3 Å². The molecule has 0 saturated heterocycles. The Hall–Kier alpha value is -3.25. The first-order valence-electron chi connectivity index (χ1n) is 10.5. The first-order valence-corrected chi connectivity index (χ1v) is 10.0. The molecular formula is C26H25NO2. The van der Waals surface area contributed by atoms with Gasteiger partial charge in [-0.15, -0.1) is 0 Å². The van der Waals surface area contributed by atoms with Crippen LogP contribution in [0.2, 0.25) is 0 Å². The molecule has 0 N–H and O–H groups in total. The Morgan fingerprint density at radius 2 is 1.62 bits per heavy atom. The Bertz CT molecular complexity index is 1050. The molecule has 1 aliphatic carbocycles. The SMILES string of the molecule is [2H]C1(Oc2cc(-c3ccccc3OC)ccc2C#N)CCC(c2ccccc2)CC1. The molecule has 29 heavy (non-hydrogen) atoms. The maximum absolute atomic E-state index is 9.57. The average molecular weight is 384 g/mol. The van der Waals surface area contributed by atoms with Crippen molar-refractivity contribution in [3.05, 3.63) is 83.9 Å². The van der Waals surface area contributed by atoms with E-state index in [4.69, 9.17) is 10.8 Å². The molecule has 1 fully saturated rings. The number of para-hydroxylation sites is 1. The second-order valence-electron chi connectivity index (χ2n) is 7.35. The Morgan fingerprint density at radius 3 is 2.34 bits per heavy atom. The van der Waals surface area contributed by atoms with Crippen LogP contribution in [0.15, 0.2) is 72.8 Å². The van der Waals surface area contributed by atoms with Gasteiger partial charge in [0.15, 0.2) is 0 Å². The Morgan fingerprint density at radius 1 is 0.897 bits per heavy atom.